The third kappa shape index (κ3) is 4.47. The molecule has 0 aliphatic heterocycles. The fourth-order valence-electron chi connectivity index (χ4n) is 2.75. The molecule has 138 valence electrons. The van der Waals surface area contributed by atoms with Crippen LogP contribution in [0.5, 0.6) is 0 Å². The fraction of sp³-hybridized carbons (Fsp3) is 0.412. The van der Waals surface area contributed by atoms with E-state index in [0.29, 0.717) is 6.54 Å². The van der Waals surface area contributed by atoms with Crippen molar-refractivity contribution in [3.05, 3.63) is 47.3 Å². The van der Waals surface area contributed by atoms with E-state index in [4.69, 9.17) is 0 Å². The van der Waals surface area contributed by atoms with Gasteiger partial charge in [0.05, 0.1) is 11.3 Å². The van der Waals surface area contributed by atoms with Gasteiger partial charge in [-0.3, -0.25) is 4.79 Å². The predicted molar refractivity (Wildman–Crippen MR) is 87.7 cm³/mol. The van der Waals surface area contributed by atoms with Crippen molar-refractivity contribution in [1.82, 2.24) is 25.5 Å². The highest BCUT2D eigenvalue weighted by molar-refractivity contribution is 5.90. The molecule has 1 N–H and O–H groups in total. The van der Waals surface area contributed by atoms with Gasteiger partial charge in [-0.2, -0.15) is 13.2 Å². The summed E-state index contributed by atoms with van der Waals surface area (Å²) >= 11 is 0. The first-order valence-corrected chi connectivity index (χ1v) is 8.37. The van der Waals surface area contributed by atoms with Crippen LogP contribution in [0, 0.1) is 0 Å². The lowest BCUT2D eigenvalue weighted by Gasteiger charge is -2.12. The largest absolute Gasteiger partial charge is 0.416 e. The second kappa shape index (κ2) is 7.67. The molecule has 0 atom stereocenters. The average molecular weight is 365 g/mol. The van der Waals surface area contributed by atoms with Crippen molar-refractivity contribution in [2.75, 3.05) is 6.54 Å². The molecule has 1 aliphatic rings. The maximum absolute atomic E-state index is 12.6. The summed E-state index contributed by atoms with van der Waals surface area (Å²) in [6.45, 7) is 0.486. The van der Waals surface area contributed by atoms with Crippen molar-refractivity contribution in [3.63, 3.8) is 0 Å². The second-order valence-corrected chi connectivity index (χ2v) is 6.06. The van der Waals surface area contributed by atoms with E-state index in [2.05, 4.69) is 26.8 Å². The molecule has 1 heterocycles. The van der Waals surface area contributed by atoms with Crippen LogP contribution in [-0.2, 0) is 6.18 Å². The van der Waals surface area contributed by atoms with Crippen LogP contribution in [0.3, 0.4) is 0 Å². The standard InChI is InChI=1S/C17H18F3N5O/c18-17(19,20)13-6-8-14(9-7-13)25-23-15(22-24-25)16(26)21-11-10-12-4-2-1-3-5-12/h4,6-9H,1-3,5,10-11H2,(H,21,26). The molecule has 26 heavy (non-hydrogen) atoms. The average Bonchev–Trinajstić information content (AvgIpc) is 3.12. The summed E-state index contributed by atoms with van der Waals surface area (Å²) in [6, 6.07) is 4.30. The predicted octanol–water partition coefficient (Wildman–Crippen LogP) is 3.30. The summed E-state index contributed by atoms with van der Waals surface area (Å²) in [5.74, 6) is -0.581. The molecule has 0 saturated carbocycles. The van der Waals surface area contributed by atoms with Crippen LogP contribution in [0.25, 0.3) is 5.69 Å². The number of rotatable bonds is 5. The molecule has 9 heteroatoms. The minimum Gasteiger partial charge on any atom is -0.349 e. The Morgan fingerprint density at radius 3 is 2.62 bits per heavy atom. The summed E-state index contributed by atoms with van der Waals surface area (Å²) < 4.78 is 37.7. The van der Waals surface area contributed by atoms with E-state index in [1.807, 2.05) is 0 Å². The lowest BCUT2D eigenvalue weighted by Crippen LogP contribution is -2.26. The van der Waals surface area contributed by atoms with Crippen molar-refractivity contribution in [2.24, 2.45) is 0 Å². The SMILES string of the molecule is O=C(NCCC1=CCCCC1)c1nnn(-c2ccc(C(F)(F)F)cc2)n1. The first kappa shape index (κ1) is 18.1. The zero-order valence-electron chi connectivity index (χ0n) is 14.0. The highest BCUT2D eigenvalue weighted by Gasteiger charge is 2.30. The Morgan fingerprint density at radius 1 is 1.19 bits per heavy atom. The Balaban J connectivity index is 1.58. The molecule has 0 unspecified atom stereocenters. The number of aromatic nitrogens is 4. The van der Waals surface area contributed by atoms with Crippen molar-refractivity contribution < 1.29 is 18.0 Å². The van der Waals surface area contributed by atoms with Gasteiger partial charge < -0.3 is 5.32 Å². The van der Waals surface area contributed by atoms with Crippen LogP contribution < -0.4 is 5.32 Å². The Morgan fingerprint density at radius 2 is 1.96 bits per heavy atom. The number of amides is 1. The summed E-state index contributed by atoms with van der Waals surface area (Å²) in [4.78, 5) is 13.1. The molecule has 3 rings (SSSR count). The molecule has 1 aromatic carbocycles. The van der Waals surface area contributed by atoms with Gasteiger partial charge in [0.15, 0.2) is 0 Å². The third-order valence-electron chi connectivity index (χ3n) is 4.16. The van der Waals surface area contributed by atoms with Gasteiger partial charge in [-0.05, 0) is 61.6 Å². The molecular formula is C17H18F3N5O. The first-order valence-electron chi connectivity index (χ1n) is 8.37. The Kier molecular flexibility index (Phi) is 5.34. The van der Waals surface area contributed by atoms with E-state index in [0.717, 1.165) is 36.2 Å². The molecule has 6 nitrogen and oxygen atoms in total. The van der Waals surface area contributed by atoms with Crippen LogP contribution in [0.1, 0.15) is 48.3 Å². The highest BCUT2D eigenvalue weighted by Crippen LogP contribution is 2.29. The first-order chi connectivity index (χ1) is 12.4. The summed E-state index contributed by atoms with van der Waals surface area (Å²) in [5.41, 5.74) is 0.867. The maximum atomic E-state index is 12.6. The number of nitrogens with zero attached hydrogens (tertiary/aromatic N) is 4. The Labute approximate surface area is 148 Å². The zero-order valence-corrected chi connectivity index (χ0v) is 14.0. The van der Waals surface area contributed by atoms with Crippen LogP contribution in [0.2, 0.25) is 0 Å². The number of hydrogen-bond acceptors (Lipinski definition) is 4. The molecule has 0 radical (unpaired) electrons. The van der Waals surface area contributed by atoms with E-state index < -0.39 is 17.6 Å². The van der Waals surface area contributed by atoms with Gasteiger partial charge in [-0.15, -0.1) is 15.0 Å². The molecule has 1 aliphatic carbocycles. The van der Waals surface area contributed by atoms with Crippen molar-refractivity contribution in [2.45, 2.75) is 38.3 Å². The van der Waals surface area contributed by atoms with Gasteiger partial charge in [0.1, 0.15) is 0 Å². The zero-order chi connectivity index (χ0) is 18.6. The van der Waals surface area contributed by atoms with Crippen LogP contribution in [-0.4, -0.2) is 32.7 Å². The van der Waals surface area contributed by atoms with Gasteiger partial charge in [0.2, 0.25) is 0 Å². The van der Waals surface area contributed by atoms with E-state index in [9.17, 15) is 18.0 Å². The molecule has 0 fully saturated rings. The molecule has 1 amide bonds. The lowest BCUT2D eigenvalue weighted by atomic mass is 9.97. The Hall–Kier alpha value is -2.71. The second-order valence-electron chi connectivity index (χ2n) is 6.06. The quantitative estimate of drug-likeness (QED) is 0.825. The maximum Gasteiger partial charge on any atom is 0.416 e. The summed E-state index contributed by atoms with van der Waals surface area (Å²) in [5, 5.41) is 14.0. The topological polar surface area (TPSA) is 72.7 Å². The van der Waals surface area contributed by atoms with E-state index >= 15 is 0 Å². The third-order valence-corrected chi connectivity index (χ3v) is 4.16. The number of alkyl halides is 3. The minimum absolute atomic E-state index is 0.123. The number of hydrogen-bond donors (Lipinski definition) is 1. The summed E-state index contributed by atoms with van der Waals surface area (Å²) in [7, 11) is 0. The van der Waals surface area contributed by atoms with Gasteiger partial charge >= 0.3 is 6.18 Å². The number of halogens is 3. The number of carbonyl (C=O) groups is 1. The monoisotopic (exact) mass is 365 g/mol. The van der Waals surface area contributed by atoms with Crippen LogP contribution >= 0.6 is 0 Å². The van der Waals surface area contributed by atoms with Gasteiger partial charge in [0, 0.05) is 6.54 Å². The van der Waals surface area contributed by atoms with E-state index in [-0.39, 0.29) is 11.5 Å². The molecule has 0 saturated heterocycles. The smallest absolute Gasteiger partial charge is 0.349 e. The van der Waals surface area contributed by atoms with Gasteiger partial charge in [-0.25, -0.2) is 0 Å². The summed E-state index contributed by atoms with van der Waals surface area (Å²) in [6.07, 6.45) is 3.15. The fourth-order valence-corrected chi connectivity index (χ4v) is 2.75. The number of benzene rings is 1. The number of carbonyl (C=O) groups excluding carboxylic acids is 1. The van der Waals surface area contributed by atoms with Crippen LogP contribution in [0.15, 0.2) is 35.9 Å². The molecular weight excluding hydrogens is 347 g/mol. The number of tetrazole rings is 1. The number of allylic oxidation sites excluding steroid dienone is 1. The normalized spacial score (nSPS) is 14.8. The van der Waals surface area contributed by atoms with Gasteiger partial charge in [-0.1, -0.05) is 11.6 Å². The minimum atomic E-state index is -4.41. The van der Waals surface area contributed by atoms with Gasteiger partial charge in [0.25, 0.3) is 11.7 Å². The lowest BCUT2D eigenvalue weighted by molar-refractivity contribution is -0.137. The Bertz CT molecular complexity index is 795. The van der Waals surface area contributed by atoms with Crippen LogP contribution in [0.4, 0.5) is 13.2 Å². The van der Waals surface area contributed by atoms with E-state index in [1.165, 1.54) is 30.5 Å². The molecule has 2 aromatic rings. The molecule has 1 aromatic heterocycles. The number of nitrogens with one attached hydrogen (secondary N) is 1. The highest BCUT2D eigenvalue weighted by atomic mass is 19.4. The van der Waals surface area contributed by atoms with Crippen molar-refractivity contribution >= 4 is 5.91 Å². The van der Waals surface area contributed by atoms with Crippen molar-refractivity contribution in [1.29, 1.82) is 0 Å². The molecule has 0 bridgehead atoms. The van der Waals surface area contributed by atoms with Crippen molar-refractivity contribution in [3.8, 4) is 5.69 Å². The van der Waals surface area contributed by atoms with E-state index in [1.54, 1.807) is 0 Å². The molecule has 0 spiro atoms.